The molecule has 0 unspecified atom stereocenters. The Bertz CT molecular complexity index is 286. The van der Waals surface area contributed by atoms with Crippen molar-refractivity contribution in [2.24, 2.45) is 0 Å². The molecular weight excluding hydrogens is 207 g/mol. The fraction of sp³-hybridized carbons (Fsp3) is 0.200. The molecule has 0 heterocycles. The van der Waals surface area contributed by atoms with Crippen LogP contribution in [0.15, 0.2) is 41.3 Å². The monoisotopic (exact) mass is 216 g/mol. The topological polar surface area (TPSA) is 0 Å². The lowest BCUT2D eigenvalue weighted by molar-refractivity contribution is 0.624. The molecule has 0 aliphatic heterocycles. The molecule has 1 aromatic carbocycles. The molecule has 1 aromatic rings. The Kier molecular flexibility index (Phi) is 4.94. The van der Waals surface area contributed by atoms with Crippen molar-refractivity contribution in [3.63, 3.8) is 0 Å². The van der Waals surface area contributed by atoms with Crippen LogP contribution in [0.4, 0.5) is 4.39 Å². The first-order valence-corrected chi connectivity index (χ1v) is 5.44. The molecule has 0 amide bonds. The highest BCUT2D eigenvalue weighted by atomic mass is 35.5. The second kappa shape index (κ2) is 6.06. The first-order chi connectivity index (χ1) is 6.33. The van der Waals surface area contributed by atoms with Gasteiger partial charge < -0.3 is 0 Å². The molecule has 0 fully saturated rings. The summed E-state index contributed by atoms with van der Waals surface area (Å²) in [5.74, 6) is 1.17. The summed E-state index contributed by atoms with van der Waals surface area (Å²) in [6.07, 6.45) is 3.86. The molecule has 13 heavy (non-hydrogen) atoms. The van der Waals surface area contributed by atoms with Crippen molar-refractivity contribution >= 4 is 23.4 Å². The van der Waals surface area contributed by atoms with E-state index in [0.717, 1.165) is 10.6 Å². The molecule has 0 nitrogen and oxygen atoms in total. The summed E-state index contributed by atoms with van der Waals surface area (Å²) >= 11 is 7.04. The summed E-state index contributed by atoms with van der Waals surface area (Å²) in [4.78, 5) is 0.944. The van der Waals surface area contributed by atoms with Crippen LogP contribution in [0.25, 0.3) is 0 Å². The smallest absolute Gasteiger partial charge is 0.124 e. The highest BCUT2D eigenvalue weighted by Gasteiger charge is 1.93. The maximum absolute atomic E-state index is 12.7. The molecule has 0 saturated carbocycles. The summed E-state index contributed by atoms with van der Waals surface area (Å²) in [6, 6.07) is 6.57. The zero-order valence-corrected chi connectivity index (χ0v) is 8.61. The third kappa shape index (κ3) is 4.34. The van der Waals surface area contributed by atoms with Crippen LogP contribution in [-0.2, 0) is 0 Å². The number of benzene rings is 1. The van der Waals surface area contributed by atoms with Gasteiger partial charge in [-0.2, -0.15) is 0 Å². The van der Waals surface area contributed by atoms with Gasteiger partial charge in [0.15, 0.2) is 0 Å². The Balaban J connectivity index is 2.41. The van der Waals surface area contributed by atoms with Gasteiger partial charge >= 0.3 is 0 Å². The Morgan fingerprint density at radius 2 is 2.23 bits per heavy atom. The van der Waals surface area contributed by atoms with Gasteiger partial charge in [0.05, 0.1) is 0 Å². The fourth-order valence-electron chi connectivity index (χ4n) is 0.832. The van der Waals surface area contributed by atoms with Gasteiger partial charge in [0.25, 0.3) is 0 Å². The van der Waals surface area contributed by atoms with Crippen molar-refractivity contribution in [2.45, 2.75) is 4.90 Å². The lowest BCUT2D eigenvalue weighted by Crippen LogP contribution is -1.77. The van der Waals surface area contributed by atoms with Crippen molar-refractivity contribution < 1.29 is 4.39 Å². The van der Waals surface area contributed by atoms with Gasteiger partial charge in [-0.15, -0.1) is 23.4 Å². The Morgan fingerprint density at radius 3 is 2.92 bits per heavy atom. The number of hydrogen-bond donors (Lipinski definition) is 0. The van der Waals surface area contributed by atoms with Crippen LogP contribution in [0.2, 0.25) is 0 Å². The van der Waals surface area contributed by atoms with E-state index in [-0.39, 0.29) is 5.82 Å². The third-order valence-electron chi connectivity index (χ3n) is 1.40. The summed E-state index contributed by atoms with van der Waals surface area (Å²) in [5.41, 5.74) is 0. The second-order valence-electron chi connectivity index (χ2n) is 2.39. The Labute approximate surface area is 86.8 Å². The van der Waals surface area contributed by atoms with E-state index in [0.29, 0.717) is 5.88 Å². The number of rotatable bonds is 4. The molecule has 0 saturated heterocycles. The molecular formula is C10H10ClFS. The van der Waals surface area contributed by atoms with E-state index < -0.39 is 0 Å². The highest BCUT2D eigenvalue weighted by molar-refractivity contribution is 7.99. The lowest BCUT2D eigenvalue weighted by atomic mass is 10.4. The molecule has 0 atom stereocenters. The molecule has 0 aliphatic rings. The zero-order valence-electron chi connectivity index (χ0n) is 7.04. The summed E-state index contributed by atoms with van der Waals surface area (Å²) in [6.45, 7) is 0. The lowest BCUT2D eigenvalue weighted by Gasteiger charge is -1.97. The zero-order chi connectivity index (χ0) is 9.52. The van der Waals surface area contributed by atoms with Gasteiger partial charge in [0, 0.05) is 16.5 Å². The minimum absolute atomic E-state index is 0.189. The molecule has 70 valence electrons. The van der Waals surface area contributed by atoms with Gasteiger partial charge in [-0.3, -0.25) is 0 Å². The van der Waals surface area contributed by atoms with E-state index in [9.17, 15) is 4.39 Å². The third-order valence-corrected chi connectivity index (χ3v) is 2.52. The first kappa shape index (κ1) is 10.6. The number of thioether (sulfide) groups is 1. The van der Waals surface area contributed by atoms with Crippen LogP contribution in [-0.4, -0.2) is 11.6 Å². The van der Waals surface area contributed by atoms with E-state index in [1.54, 1.807) is 17.8 Å². The normalized spacial score (nSPS) is 10.9. The van der Waals surface area contributed by atoms with Crippen molar-refractivity contribution in [3.05, 3.63) is 42.2 Å². The standard InChI is InChI=1S/C10H10ClFS/c11-6-1-2-7-13-10-5-3-4-9(12)8-10/h1-5,8H,6-7H2. The van der Waals surface area contributed by atoms with Gasteiger partial charge in [0.1, 0.15) is 5.82 Å². The van der Waals surface area contributed by atoms with Gasteiger partial charge in [-0.25, -0.2) is 4.39 Å². The van der Waals surface area contributed by atoms with Crippen molar-refractivity contribution in [3.8, 4) is 0 Å². The van der Waals surface area contributed by atoms with Crippen LogP contribution in [0, 0.1) is 5.82 Å². The number of halogens is 2. The van der Waals surface area contributed by atoms with Crippen molar-refractivity contribution in [1.29, 1.82) is 0 Å². The van der Waals surface area contributed by atoms with Crippen LogP contribution < -0.4 is 0 Å². The largest absolute Gasteiger partial charge is 0.207 e. The molecule has 0 spiro atoms. The molecule has 0 aliphatic carbocycles. The molecule has 3 heteroatoms. The maximum Gasteiger partial charge on any atom is 0.124 e. The van der Waals surface area contributed by atoms with Crippen LogP contribution in [0.5, 0.6) is 0 Å². The van der Waals surface area contributed by atoms with Crippen LogP contribution in [0.1, 0.15) is 0 Å². The van der Waals surface area contributed by atoms with E-state index in [1.807, 2.05) is 18.2 Å². The predicted molar refractivity (Wildman–Crippen MR) is 57.0 cm³/mol. The average Bonchev–Trinajstić information content (AvgIpc) is 2.13. The maximum atomic E-state index is 12.7. The molecule has 0 aromatic heterocycles. The Morgan fingerprint density at radius 1 is 1.38 bits per heavy atom. The predicted octanol–water partition coefficient (Wildman–Crippen LogP) is 3.71. The van der Waals surface area contributed by atoms with Crippen molar-refractivity contribution in [1.82, 2.24) is 0 Å². The van der Waals surface area contributed by atoms with E-state index in [1.165, 1.54) is 12.1 Å². The van der Waals surface area contributed by atoms with Crippen molar-refractivity contribution in [2.75, 3.05) is 11.6 Å². The van der Waals surface area contributed by atoms with Gasteiger partial charge in [-0.05, 0) is 18.2 Å². The van der Waals surface area contributed by atoms with E-state index >= 15 is 0 Å². The van der Waals surface area contributed by atoms with Gasteiger partial charge in [-0.1, -0.05) is 18.2 Å². The average molecular weight is 217 g/mol. The minimum Gasteiger partial charge on any atom is -0.207 e. The fourth-order valence-corrected chi connectivity index (χ4v) is 1.75. The van der Waals surface area contributed by atoms with Gasteiger partial charge in [0.2, 0.25) is 0 Å². The number of alkyl halides is 1. The number of allylic oxidation sites excluding steroid dienone is 1. The summed E-state index contributed by atoms with van der Waals surface area (Å²) in [7, 11) is 0. The van der Waals surface area contributed by atoms with Crippen LogP contribution >= 0.6 is 23.4 Å². The Hall–Kier alpha value is -0.470. The molecule has 0 N–H and O–H groups in total. The summed E-state index contributed by atoms with van der Waals surface area (Å²) < 4.78 is 12.7. The van der Waals surface area contributed by atoms with E-state index in [2.05, 4.69) is 0 Å². The molecule has 0 radical (unpaired) electrons. The number of hydrogen-bond acceptors (Lipinski definition) is 1. The minimum atomic E-state index is -0.189. The highest BCUT2D eigenvalue weighted by Crippen LogP contribution is 2.18. The van der Waals surface area contributed by atoms with Crippen LogP contribution in [0.3, 0.4) is 0 Å². The quantitative estimate of drug-likeness (QED) is 0.420. The first-order valence-electron chi connectivity index (χ1n) is 3.92. The summed E-state index contributed by atoms with van der Waals surface area (Å²) in [5, 5.41) is 0. The molecule has 0 bridgehead atoms. The SMILES string of the molecule is Fc1cccc(SCC=CCCl)c1. The second-order valence-corrected chi connectivity index (χ2v) is 3.80. The van der Waals surface area contributed by atoms with E-state index in [4.69, 9.17) is 11.6 Å². The molecule has 1 rings (SSSR count).